The summed E-state index contributed by atoms with van der Waals surface area (Å²) in [4.78, 5) is 28.5. The summed E-state index contributed by atoms with van der Waals surface area (Å²) in [5.41, 5.74) is 1.34. The molecule has 1 unspecified atom stereocenters. The molecule has 0 aliphatic carbocycles. The highest BCUT2D eigenvalue weighted by atomic mass is 35.5. The van der Waals surface area contributed by atoms with Crippen LogP contribution in [-0.4, -0.2) is 49.1 Å². The van der Waals surface area contributed by atoms with Crippen LogP contribution in [0.5, 0.6) is 23.0 Å². The van der Waals surface area contributed by atoms with Crippen molar-refractivity contribution in [2.24, 2.45) is 0 Å². The van der Waals surface area contributed by atoms with E-state index in [0.717, 1.165) is 0 Å². The van der Waals surface area contributed by atoms with Gasteiger partial charge in [-0.1, -0.05) is 41.9 Å². The lowest BCUT2D eigenvalue weighted by Gasteiger charge is -2.26. The van der Waals surface area contributed by atoms with Gasteiger partial charge in [-0.2, -0.15) is 0 Å². The Balaban J connectivity index is 1.93. The highest BCUT2D eigenvalue weighted by Gasteiger charge is 2.46. The van der Waals surface area contributed by atoms with Gasteiger partial charge < -0.3 is 29.0 Å². The van der Waals surface area contributed by atoms with Crippen LogP contribution in [0.4, 0.5) is 0 Å². The molecule has 1 atom stereocenters. The first-order chi connectivity index (χ1) is 18.7. The smallest absolute Gasteiger partial charge is 0.295 e. The third-order valence-corrected chi connectivity index (χ3v) is 6.64. The van der Waals surface area contributed by atoms with Gasteiger partial charge in [-0.15, -0.1) is 0 Å². The van der Waals surface area contributed by atoms with Gasteiger partial charge in [0, 0.05) is 11.6 Å². The predicted molar refractivity (Wildman–Crippen MR) is 148 cm³/mol. The van der Waals surface area contributed by atoms with E-state index in [1.807, 2.05) is 32.0 Å². The number of rotatable bonds is 9. The first-order valence-electron chi connectivity index (χ1n) is 12.3. The van der Waals surface area contributed by atoms with Gasteiger partial charge in [0.15, 0.2) is 0 Å². The van der Waals surface area contributed by atoms with Crippen molar-refractivity contribution in [2.75, 3.05) is 21.3 Å². The van der Waals surface area contributed by atoms with Crippen molar-refractivity contribution in [3.63, 3.8) is 0 Å². The number of methoxy groups -OCH3 is 3. The summed E-state index contributed by atoms with van der Waals surface area (Å²) in [5, 5.41) is 11.8. The molecule has 3 aromatic rings. The summed E-state index contributed by atoms with van der Waals surface area (Å²) in [6.07, 6.45) is -0.0918. The number of ketones is 1. The van der Waals surface area contributed by atoms with Crippen LogP contribution in [0.25, 0.3) is 5.76 Å². The number of halogens is 1. The molecule has 1 fully saturated rings. The largest absolute Gasteiger partial charge is 0.507 e. The third-order valence-electron chi connectivity index (χ3n) is 6.35. The molecule has 9 heteroatoms. The molecule has 39 heavy (non-hydrogen) atoms. The second-order valence-corrected chi connectivity index (χ2v) is 9.57. The maximum atomic E-state index is 13.6. The Morgan fingerprint density at radius 2 is 1.62 bits per heavy atom. The summed E-state index contributed by atoms with van der Waals surface area (Å²) in [6.45, 7) is 3.87. The lowest BCUT2D eigenvalue weighted by atomic mass is 9.94. The molecule has 3 aromatic carbocycles. The molecule has 0 aromatic heterocycles. The molecule has 8 nitrogen and oxygen atoms in total. The van der Waals surface area contributed by atoms with Crippen LogP contribution in [0.1, 0.15) is 36.6 Å². The number of aliphatic hydroxyl groups is 1. The molecule has 0 radical (unpaired) electrons. The van der Waals surface area contributed by atoms with Crippen molar-refractivity contribution >= 4 is 29.1 Å². The number of likely N-dealkylation sites (tertiary alicyclic amines) is 1. The number of carbonyl (C=O) groups is 2. The standard InChI is InChI=1S/C30H30ClNO7/c1-17(2)39-20-11-8-10-18(13-20)27-26(28(33)21-14-22(31)25(38-5)15-24(21)37-4)29(34)30(35)32(27)16-19-9-6-7-12-23(19)36-3/h6-15,17,27,33H,16H2,1-5H3/b28-26+. The first-order valence-corrected chi connectivity index (χ1v) is 12.7. The van der Waals surface area contributed by atoms with E-state index in [-0.39, 0.29) is 34.6 Å². The van der Waals surface area contributed by atoms with E-state index < -0.39 is 23.5 Å². The topological polar surface area (TPSA) is 94.5 Å². The molecule has 1 N–H and O–H groups in total. The molecular weight excluding hydrogens is 522 g/mol. The average Bonchev–Trinajstić information content (AvgIpc) is 3.17. The van der Waals surface area contributed by atoms with E-state index in [1.54, 1.807) is 30.3 Å². The maximum absolute atomic E-state index is 13.6. The van der Waals surface area contributed by atoms with Gasteiger partial charge in [0.2, 0.25) is 0 Å². The van der Waals surface area contributed by atoms with Crippen molar-refractivity contribution in [3.05, 3.63) is 87.9 Å². The second-order valence-electron chi connectivity index (χ2n) is 9.16. The number of nitrogens with zero attached hydrogens (tertiary/aromatic N) is 1. The van der Waals surface area contributed by atoms with Gasteiger partial charge in [0.1, 0.15) is 28.8 Å². The summed E-state index contributed by atoms with van der Waals surface area (Å²) in [7, 11) is 4.41. The Bertz CT molecular complexity index is 1430. The zero-order valence-corrected chi connectivity index (χ0v) is 23.1. The lowest BCUT2D eigenvalue weighted by Crippen LogP contribution is -2.29. The fourth-order valence-electron chi connectivity index (χ4n) is 4.63. The summed E-state index contributed by atoms with van der Waals surface area (Å²) in [5.74, 6) is -0.332. The molecule has 1 aliphatic heterocycles. The van der Waals surface area contributed by atoms with E-state index in [0.29, 0.717) is 28.4 Å². The van der Waals surface area contributed by atoms with Crippen LogP contribution in [0.15, 0.2) is 66.2 Å². The van der Waals surface area contributed by atoms with Crippen molar-refractivity contribution in [1.82, 2.24) is 4.90 Å². The van der Waals surface area contributed by atoms with Crippen LogP contribution in [0.2, 0.25) is 5.02 Å². The summed E-state index contributed by atoms with van der Waals surface area (Å²) >= 11 is 6.36. The van der Waals surface area contributed by atoms with E-state index in [2.05, 4.69) is 0 Å². The van der Waals surface area contributed by atoms with Gasteiger partial charge >= 0.3 is 0 Å². The van der Waals surface area contributed by atoms with E-state index in [4.69, 9.17) is 30.5 Å². The lowest BCUT2D eigenvalue weighted by molar-refractivity contribution is -0.140. The normalized spacial score (nSPS) is 16.5. The van der Waals surface area contributed by atoms with Crippen molar-refractivity contribution in [3.8, 4) is 23.0 Å². The van der Waals surface area contributed by atoms with Crippen LogP contribution >= 0.6 is 11.6 Å². The van der Waals surface area contributed by atoms with Crippen LogP contribution < -0.4 is 18.9 Å². The van der Waals surface area contributed by atoms with E-state index in [1.165, 1.54) is 38.4 Å². The maximum Gasteiger partial charge on any atom is 0.295 e. The molecule has 204 valence electrons. The monoisotopic (exact) mass is 551 g/mol. The van der Waals surface area contributed by atoms with Gasteiger partial charge in [0.05, 0.1) is 56.2 Å². The fraction of sp³-hybridized carbons (Fsp3) is 0.267. The number of Topliss-reactive ketones (excluding diaryl/α,β-unsaturated/α-hetero) is 1. The molecule has 1 amide bonds. The number of para-hydroxylation sites is 1. The SMILES string of the molecule is COc1cc(OC)c(/C(O)=C2\C(=O)C(=O)N(Cc3ccccc3OC)C2c2cccc(OC(C)C)c2)cc1Cl. The second kappa shape index (κ2) is 11.7. The molecule has 1 heterocycles. The Morgan fingerprint density at radius 3 is 2.28 bits per heavy atom. The highest BCUT2D eigenvalue weighted by Crippen LogP contribution is 2.44. The Morgan fingerprint density at radius 1 is 0.923 bits per heavy atom. The number of hydrogen-bond donors (Lipinski definition) is 1. The summed E-state index contributed by atoms with van der Waals surface area (Å²) < 4.78 is 22.1. The van der Waals surface area contributed by atoms with Crippen LogP contribution in [0.3, 0.4) is 0 Å². The number of ether oxygens (including phenoxy) is 4. The minimum atomic E-state index is -0.934. The molecule has 0 saturated carbocycles. The number of benzene rings is 3. The van der Waals surface area contributed by atoms with Gasteiger partial charge in [-0.05, 0) is 43.7 Å². The molecule has 4 rings (SSSR count). The summed E-state index contributed by atoms with van der Waals surface area (Å²) in [6, 6.07) is 16.4. The van der Waals surface area contributed by atoms with Crippen LogP contribution in [0, 0.1) is 0 Å². The molecular formula is C30H30ClNO7. The Labute approximate surface area is 232 Å². The van der Waals surface area contributed by atoms with Gasteiger partial charge in [-0.25, -0.2) is 0 Å². The Hall–Kier alpha value is -4.17. The van der Waals surface area contributed by atoms with Gasteiger partial charge in [-0.3, -0.25) is 9.59 Å². The van der Waals surface area contributed by atoms with Crippen LogP contribution in [-0.2, 0) is 16.1 Å². The van der Waals surface area contributed by atoms with Crippen molar-refractivity contribution in [2.45, 2.75) is 32.5 Å². The molecule has 1 aliphatic rings. The van der Waals surface area contributed by atoms with Gasteiger partial charge in [0.25, 0.3) is 11.7 Å². The third kappa shape index (κ3) is 5.52. The molecule has 0 spiro atoms. The fourth-order valence-corrected chi connectivity index (χ4v) is 4.87. The zero-order valence-electron chi connectivity index (χ0n) is 22.4. The van der Waals surface area contributed by atoms with E-state index >= 15 is 0 Å². The number of carbonyl (C=O) groups excluding carboxylic acids is 2. The number of aliphatic hydroxyl groups excluding tert-OH is 1. The number of amides is 1. The first kappa shape index (κ1) is 27.9. The average molecular weight is 552 g/mol. The molecule has 1 saturated heterocycles. The minimum absolute atomic E-state index is 0.0613. The Kier molecular flexibility index (Phi) is 8.35. The predicted octanol–water partition coefficient (Wildman–Crippen LogP) is 5.77. The van der Waals surface area contributed by atoms with Crippen molar-refractivity contribution in [1.29, 1.82) is 0 Å². The molecule has 0 bridgehead atoms. The van der Waals surface area contributed by atoms with E-state index in [9.17, 15) is 14.7 Å². The zero-order chi connectivity index (χ0) is 28.3. The van der Waals surface area contributed by atoms with Crippen molar-refractivity contribution < 1.29 is 33.6 Å². The number of hydrogen-bond acceptors (Lipinski definition) is 7. The highest BCUT2D eigenvalue weighted by molar-refractivity contribution is 6.46. The minimum Gasteiger partial charge on any atom is -0.507 e. The quantitative estimate of drug-likeness (QED) is 0.205.